The van der Waals surface area contributed by atoms with Crippen molar-refractivity contribution in [3.05, 3.63) is 72.4 Å². The minimum absolute atomic E-state index is 0.218. The molecule has 3 aromatic rings. The summed E-state index contributed by atoms with van der Waals surface area (Å²) >= 11 is 0. The number of nitriles is 1. The fourth-order valence-electron chi connectivity index (χ4n) is 2.99. The van der Waals surface area contributed by atoms with E-state index >= 15 is 0 Å². The molecule has 0 aliphatic rings. The van der Waals surface area contributed by atoms with Crippen LogP contribution in [0.15, 0.2) is 66.9 Å². The maximum absolute atomic E-state index is 12.2. The van der Waals surface area contributed by atoms with Gasteiger partial charge in [0.2, 0.25) is 0 Å². The summed E-state index contributed by atoms with van der Waals surface area (Å²) in [4.78, 5) is 25.5. The van der Waals surface area contributed by atoms with E-state index in [1.54, 1.807) is 24.9 Å². The quantitative estimate of drug-likeness (QED) is 0.370. The number of methoxy groups -OCH3 is 1. The molecule has 33 heavy (non-hydrogen) atoms. The van der Waals surface area contributed by atoms with E-state index in [0.717, 1.165) is 17.0 Å². The molecule has 2 aromatic carbocycles. The Morgan fingerprint density at radius 3 is 2.55 bits per heavy atom. The number of hydrogen-bond acceptors (Lipinski definition) is 6. The Kier molecular flexibility index (Phi) is 7.97. The van der Waals surface area contributed by atoms with Crippen molar-refractivity contribution in [3.8, 4) is 28.8 Å². The first kappa shape index (κ1) is 23.3. The number of carbonyl (C=O) groups is 2. The van der Waals surface area contributed by atoms with E-state index in [2.05, 4.69) is 0 Å². The van der Waals surface area contributed by atoms with E-state index in [1.807, 2.05) is 66.9 Å². The number of nitrogens with zero attached hydrogens (tertiary/aromatic N) is 4. The monoisotopic (exact) mass is 444 g/mol. The number of para-hydroxylation sites is 1. The summed E-state index contributed by atoms with van der Waals surface area (Å²) in [6.07, 6.45) is 4.91. The Labute approximate surface area is 192 Å². The second-order valence-corrected chi connectivity index (χ2v) is 7.11. The summed E-state index contributed by atoms with van der Waals surface area (Å²) in [6.45, 7) is -0.105. The van der Waals surface area contributed by atoms with Gasteiger partial charge in [-0.3, -0.25) is 4.79 Å². The van der Waals surface area contributed by atoms with Gasteiger partial charge in [0.1, 0.15) is 5.75 Å². The van der Waals surface area contributed by atoms with Crippen LogP contribution in [0, 0.1) is 11.3 Å². The Balaban J connectivity index is 1.78. The SMILES string of the molecule is COc1ccc(-c2nn(-c3ccccc3)cc2/C=C/C(=O)OCC(=O)N(C)CCC#N)cc1. The number of hydrogen-bond donors (Lipinski definition) is 0. The number of ether oxygens (including phenoxy) is 2. The van der Waals surface area contributed by atoms with E-state index in [0.29, 0.717) is 11.3 Å². The molecular formula is C25H24N4O4. The van der Waals surface area contributed by atoms with E-state index < -0.39 is 5.97 Å². The smallest absolute Gasteiger partial charge is 0.331 e. The molecule has 1 aromatic heterocycles. The van der Waals surface area contributed by atoms with Crippen molar-refractivity contribution >= 4 is 18.0 Å². The normalized spacial score (nSPS) is 10.6. The largest absolute Gasteiger partial charge is 0.497 e. The van der Waals surface area contributed by atoms with Gasteiger partial charge in [-0.25, -0.2) is 9.48 Å². The van der Waals surface area contributed by atoms with Gasteiger partial charge in [-0.15, -0.1) is 0 Å². The van der Waals surface area contributed by atoms with E-state index in [9.17, 15) is 9.59 Å². The summed E-state index contributed by atoms with van der Waals surface area (Å²) in [7, 11) is 3.16. The van der Waals surface area contributed by atoms with Gasteiger partial charge in [0.05, 0.1) is 31.0 Å². The Bertz CT molecular complexity index is 1160. The Morgan fingerprint density at radius 1 is 1.15 bits per heavy atom. The number of amides is 1. The van der Waals surface area contributed by atoms with Gasteiger partial charge in [0.15, 0.2) is 6.61 Å². The molecule has 0 saturated heterocycles. The van der Waals surface area contributed by atoms with Crippen molar-refractivity contribution in [1.82, 2.24) is 14.7 Å². The number of esters is 1. The van der Waals surface area contributed by atoms with Crippen LogP contribution in [0.3, 0.4) is 0 Å². The fourth-order valence-corrected chi connectivity index (χ4v) is 2.99. The van der Waals surface area contributed by atoms with Crippen molar-refractivity contribution in [2.45, 2.75) is 6.42 Å². The number of carbonyl (C=O) groups excluding carboxylic acids is 2. The van der Waals surface area contributed by atoms with Crippen molar-refractivity contribution in [2.24, 2.45) is 0 Å². The number of benzene rings is 2. The van der Waals surface area contributed by atoms with Crippen LogP contribution < -0.4 is 4.74 Å². The maximum Gasteiger partial charge on any atom is 0.331 e. The molecule has 1 amide bonds. The van der Waals surface area contributed by atoms with E-state index in [1.165, 1.54) is 11.0 Å². The third kappa shape index (κ3) is 6.31. The number of rotatable bonds is 9. The predicted molar refractivity (Wildman–Crippen MR) is 123 cm³/mol. The molecule has 0 aliphatic carbocycles. The molecule has 0 radical (unpaired) electrons. The lowest BCUT2D eigenvalue weighted by molar-refractivity contribution is -0.147. The Morgan fingerprint density at radius 2 is 1.88 bits per heavy atom. The molecule has 0 saturated carbocycles. The van der Waals surface area contributed by atoms with Crippen LogP contribution in [0.5, 0.6) is 5.75 Å². The van der Waals surface area contributed by atoms with Gasteiger partial charge in [-0.2, -0.15) is 10.4 Å². The molecule has 8 heteroatoms. The third-order valence-corrected chi connectivity index (χ3v) is 4.85. The van der Waals surface area contributed by atoms with Gasteiger partial charge in [-0.1, -0.05) is 18.2 Å². The lowest BCUT2D eigenvalue weighted by atomic mass is 10.1. The van der Waals surface area contributed by atoms with Gasteiger partial charge in [0, 0.05) is 37.0 Å². The highest BCUT2D eigenvalue weighted by molar-refractivity contribution is 5.90. The zero-order chi connectivity index (χ0) is 23.6. The number of aromatic nitrogens is 2. The lowest BCUT2D eigenvalue weighted by Crippen LogP contribution is -2.31. The zero-order valence-corrected chi connectivity index (χ0v) is 18.5. The predicted octanol–water partition coefficient (Wildman–Crippen LogP) is 3.48. The summed E-state index contributed by atoms with van der Waals surface area (Å²) in [5.74, 6) is -0.292. The van der Waals surface area contributed by atoms with Crippen LogP contribution in [-0.4, -0.2) is 53.9 Å². The highest BCUT2D eigenvalue weighted by atomic mass is 16.5. The van der Waals surface area contributed by atoms with Crippen LogP contribution >= 0.6 is 0 Å². The van der Waals surface area contributed by atoms with Crippen molar-refractivity contribution in [3.63, 3.8) is 0 Å². The van der Waals surface area contributed by atoms with Crippen molar-refractivity contribution in [2.75, 3.05) is 27.3 Å². The zero-order valence-electron chi connectivity index (χ0n) is 18.5. The standard InChI is InChI=1S/C25H24N4O4/c1-28(16-6-15-26)23(30)18-33-24(31)14-11-20-17-29(21-7-4-3-5-8-21)27-25(20)19-9-12-22(32-2)13-10-19/h3-5,7-14,17H,6,16,18H2,1-2H3/b14-11+. The second-order valence-electron chi connectivity index (χ2n) is 7.11. The average molecular weight is 444 g/mol. The summed E-state index contributed by atoms with van der Waals surface area (Å²) < 4.78 is 12.0. The minimum Gasteiger partial charge on any atom is -0.497 e. The van der Waals surface area contributed by atoms with E-state index in [4.69, 9.17) is 19.8 Å². The van der Waals surface area contributed by atoms with Gasteiger partial charge in [0.25, 0.3) is 5.91 Å². The lowest BCUT2D eigenvalue weighted by Gasteiger charge is -2.14. The van der Waals surface area contributed by atoms with Crippen LogP contribution in [-0.2, 0) is 14.3 Å². The molecule has 0 aliphatic heterocycles. The number of likely N-dealkylation sites (N-methyl/N-ethyl adjacent to an activating group) is 1. The van der Waals surface area contributed by atoms with Crippen molar-refractivity contribution in [1.29, 1.82) is 5.26 Å². The molecule has 1 heterocycles. The molecule has 8 nitrogen and oxygen atoms in total. The fraction of sp³-hybridized carbons (Fsp3) is 0.200. The Hall–Kier alpha value is -4.38. The molecule has 0 spiro atoms. The molecule has 0 bridgehead atoms. The highest BCUT2D eigenvalue weighted by Gasteiger charge is 2.13. The molecule has 0 atom stereocenters. The van der Waals surface area contributed by atoms with Crippen LogP contribution in [0.2, 0.25) is 0 Å². The van der Waals surface area contributed by atoms with Crippen molar-refractivity contribution < 1.29 is 19.1 Å². The average Bonchev–Trinajstić information content (AvgIpc) is 3.29. The molecule has 0 fully saturated rings. The summed E-state index contributed by atoms with van der Waals surface area (Å²) in [5.41, 5.74) is 3.12. The third-order valence-electron chi connectivity index (χ3n) is 4.85. The first-order valence-corrected chi connectivity index (χ1v) is 10.3. The summed E-state index contributed by atoms with van der Waals surface area (Å²) in [5, 5.41) is 13.3. The molecule has 3 rings (SSSR count). The van der Waals surface area contributed by atoms with Gasteiger partial charge in [-0.05, 0) is 42.5 Å². The highest BCUT2D eigenvalue weighted by Crippen LogP contribution is 2.26. The van der Waals surface area contributed by atoms with Crippen LogP contribution in [0.25, 0.3) is 23.0 Å². The first-order chi connectivity index (χ1) is 16.0. The maximum atomic E-state index is 12.2. The summed E-state index contributed by atoms with van der Waals surface area (Å²) in [6, 6.07) is 19.1. The minimum atomic E-state index is -0.648. The topological polar surface area (TPSA) is 97.5 Å². The van der Waals surface area contributed by atoms with Crippen LogP contribution in [0.4, 0.5) is 0 Å². The van der Waals surface area contributed by atoms with Gasteiger partial charge >= 0.3 is 5.97 Å². The van der Waals surface area contributed by atoms with E-state index in [-0.39, 0.29) is 25.5 Å². The van der Waals surface area contributed by atoms with Gasteiger partial charge < -0.3 is 14.4 Å². The molecule has 0 N–H and O–H groups in total. The molecule has 168 valence electrons. The van der Waals surface area contributed by atoms with Crippen LogP contribution in [0.1, 0.15) is 12.0 Å². The second kappa shape index (κ2) is 11.3. The molecular weight excluding hydrogens is 420 g/mol. The molecule has 0 unspecified atom stereocenters. The first-order valence-electron chi connectivity index (χ1n) is 10.3.